The van der Waals surface area contributed by atoms with Crippen molar-refractivity contribution < 1.29 is 29.3 Å². The quantitative estimate of drug-likeness (QED) is 0.337. The zero-order chi connectivity index (χ0) is 17.8. The van der Waals surface area contributed by atoms with Gasteiger partial charge in [0.2, 0.25) is 0 Å². The number of carboxylic acids is 1. The van der Waals surface area contributed by atoms with Gasteiger partial charge in [-0.1, -0.05) is 18.6 Å². The lowest BCUT2D eigenvalue weighted by Crippen LogP contribution is -2.29. The maximum absolute atomic E-state index is 11.1. The number of carbonyl (C=O) groups excluding carboxylic acids is 2. The third kappa shape index (κ3) is 9.22. The number of nitrogens with two attached hydrogens (primary N) is 2. The van der Waals surface area contributed by atoms with Crippen molar-refractivity contribution in [2.45, 2.75) is 32.2 Å². The number of carbonyl (C=O) groups is 3. The van der Waals surface area contributed by atoms with E-state index in [9.17, 15) is 19.5 Å². The van der Waals surface area contributed by atoms with Crippen LogP contribution < -0.4 is 11.5 Å². The van der Waals surface area contributed by atoms with Gasteiger partial charge < -0.3 is 26.4 Å². The molecule has 128 valence electrons. The predicted molar refractivity (Wildman–Crippen MR) is 82.7 cm³/mol. The fraction of sp³-hybridized carbons (Fsp3) is 0.400. The molecule has 6 N–H and O–H groups in total. The molecule has 0 saturated carbocycles. The molecule has 0 amide bonds. The zero-order valence-corrected chi connectivity index (χ0v) is 12.9. The van der Waals surface area contributed by atoms with E-state index in [2.05, 4.69) is 4.74 Å². The van der Waals surface area contributed by atoms with E-state index in [1.165, 1.54) is 12.1 Å². The average molecular weight is 326 g/mol. The fourth-order valence-electron chi connectivity index (χ4n) is 1.46. The summed E-state index contributed by atoms with van der Waals surface area (Å²) in [6.07, 6.45) is 2.16. The number of ether oxygens (including phenoxy) is 1. The number of carboxylic acid groups (broad SMARTS) is 1. The van der Waals surface area contributed by atoms with Gasteiger partial charge in [0.05, 0.1) is 0 Å². The highest BCUT2D eigenvalue weighted by atomic mass is 16.6. The summed E-state index contributed by atoms with van der Waals surface area (Å²) in [6.45, 7) is 1.73. The normalized spacial score (nSPS) is 10.9. The number of aromatic hydroxyl groups is 1. The van der Waals surface area contributed by atoms with Crippen molar-refractivity contribution in [3.63, 3.8) is 0 Å². The van der Waals surface area contributed by atoms with Crippen molar-refractivity contribution in [2.75, 3.05) is 6.54 Å². The summed E-state index contributed by atoms with van der Waals surface area (Å²) in [5.41, 5.74) is 10.4. The van der Waals surface area contributed by atoms with Gasteiger partial charge in [-0.3, -0.25) is 9.59 Å². The maximum atomic E-state index is 11.1. The van der Waals surface area contributed by atoms with Gasteiger partial charge in [0, 0.05) is 6.92 Å². The monoisotopic (exact) mass is 326 g/mol. The molecule has 0 aliphatic rings. The average Bonchev–Trinajstić information content (AvgIpc) is 2.47. The van der Waals surface area contributed by atoms with E-state index in [1.807, 2.05) is 0 Å². The minimum atomic E-state index is -0.933. The highest BCUT2D eigenvalue weighted by Gasteiger charge is 2.13. The van der Waals surface area contributed by atoms with Crippen LogP contribution in [0.5, 0.6) is 5.75 Å². The first-order chi connectivity index (χ1) is 10.8. The molecule has 0 spiro atoms. The Hall–Kier alpha value is -2.45. The van der Waals surface area contributed by atoms with E-state index in [0.29, 0.717) is 13.0 Å². The number of para-hydroxylation sites is 1. The summed E-state index contributed by atoms with van der Waals surface area (Å²) in [6, 6.07) is 5.14. The molecule has 0 aliphatic carbocycles. The first kappa shape index (κ1) is 20.6. The Morgan fingerprint density at radius 2 is 1.83 bits per heavy atom. The highest BCUT2D eigenvalue weighted by molar-refractivity contribution is 5.98. The van der Waals surface area contributed by atoms with Crippen molar-refractivity contribution in [3.05, 3.63) is 29.8 Å². The van der Waals surface area contributed by atoms with Gasteiger partial charge in [0.15, 0.2) is 0 Å². The second-order valence-electron chi connectivity index (χ2n) is 4.63. The Bertz CT molecular complexity index is 532. The van der Waals surface area contributed by atoms with Crippen LogP contribution in [0.15, 0.2) is 24.3 Å². The molecule has 8 heteroatoms. The number of phenolic OH excluding ortho intramolecular Hbond substituents is 1. The third-order valence-corrected chi connectivity index (χ3v) is 2.65. The van der Waals surface area contributed by atoms with Crippen molar-refractivity contribution in [2.24, 2.45) is 11.5 Å². The Morgan fingerprint density at radius 1 is 1.22 bits per heavy atom. The molecule has 23 heavy (non-hydrogen) atoms. The standard InChI is InChI=1S/C9H8O4.C6H14N2O2/c1-6(10)13-9(12)7-4-2-3-5-8(7)11;7-4-2-1-3-5(8)6(9)10/h2-5,11H,1H3;5H,1-4,7-8H2,(H,9,10)/t;5-/m.1/s1. The summed E-state index contributed by atoms with van der Waals surface area (Å²) in [5.74, 6) is -2.68. The lowest BCUT2D eigenvalue weighted by atomic mass is 10.1. The third-order valence-electron chi connectivity index (χ3n) is 2.65. The predicted octanol–water partition coefficient (Wildman–Crippen LogP) is 0.623. The van der Waals surface area contributed by atoms with E-state index in [1.54, 1.807) is 12.1 Å². The maximum Gasteiger partial charge on any atom is 0.349 e. The van der Waals surface area contributed by atoms with Gasteiger partial charge in [0.1, 0.15) is 17.4 Å². The minimum absolute atomic E-state index is 0.0160. The van der Waals surface area contributed by atoms with E-state index >= 15 is 0 Å². The van der Waals surface area contributed by atoms with Crippen LogP contribution in [0.1, 0.15) is 36.5 Å². The SMILES string of the molecule is CC(=O)OC(=O)c1ccccc1O.NCCCC[C@@H](N)C(=O)O. The number of rotatable bonds is 6. The van der Waals surface area contributed by atoms with E-state index in [0.717, 1.165) is 19.8 Å². The van der Waals surface area contributed by atoms with Gasteiger partial charge in [0.25, 0.3) is 0 Å². The van der Waals surface area contributed by atoms with Crippen molar-refractivity contribution in [1.29, 1.82) is 0 Å². The van der Waals surface area contributed by atoms with Crippen LogP contribution in [0.4, 0.5) is 0 Å². The number of esters is 2. The Labute approximate surface area is 134 Å². The van der Waals surface area contributed by atoms with Crippen LogP contribution in [0.2, 0.25) is 0 Å². The number of hydrogen-bond donors (Lipinski definition) is 4. The van der Waals surface area contributed by atoms with Gasteiger partial charge in [-0.15, -0.1) is 0 Å². The smallest absolute Gasteiger partial charge is 0.349 e. The number of phenols is 1. The minimum Gasteiger partial charge on any atom is -0.507 e. The molecule has 1 aromatic rings. The fourth-order valence-corrected chi connectivity index (χ4v) is 1.46. The largest absolute Gasteiger partial charge is 0.507 e. The molecule has 0 saturated heterocycles. The van der Waals surface area contributed by atoms with Crippen molar-refractivity contribution >= 4 is 17.9 Å². The molecule has 0 fully saturated rings. The lowest BCUT2D eigenvalue weighted by molar-refractivity contribution is -0.139. The molecule has 0 radical (unpaired) electrons. The van der Waals surface area contributed by atoms with E-state index < -0.39 is 23.9 Å². The first-order valence-corrected chi connectivity index (χ1v) is 6.98. The molecule has 0 bridgehead atoms. The molecule has 0 aliphatic heterocycles. The lowest BCUT2D eigenvalue weighted by Gasteiger charge is -2.03. The topological polar surface area (TPSA) is 153 Å². The van der Waals surface area contributed by atoms with Crippen LogP contribution in [-0.4, -0.2) is 40.7 Å². The zero-order valence-electron chi connectivity index (χ0n) is 12.9. The molecule has 1 rings (SSSR count). The van der Waals surface area contributed by atoms with Gasteiger partial charge in [-0.25, -0.2) is 4.79 Å². The Morgan fingerprint density at radius 3 is 2.30 bits per heavy atom. The van der Waals surface area contributed by atoms with Crippen molar-refractivity contribution in [1.82, 2.24) is 0 Å². The van der Waals surface area contributed by atoms with Crippen LogP contribution in [0, 0.1) is 0 Å². The summed E-state index contributed by atoms with van der Waals surface area (Å²) < 4.78 is 4.28. The Kier molecular flexibility index (Phi) is 9.97. The van der Waals surface area contributed by atoms with Crippen LogP contribution in [-0.2, 0) is 14.3 Å². The first-order valence-electron chi connectivity index (χ1n) is 6.98. The van der Waals surface area contributed by atoms with Crippen molar-refractivity contribution in [3.8, 4) is 5.75 Å². The number of benzene rings is 1. The number of aliphatic carboxylic acids is 1. The van der Waals surface area contributed by atoms with Crippen LogP contribution in [0.3, 0.4) is 0 Å². The van der Waals surface area contributed by atoms with E-state index in [-0.39, 0.29) is 11.3 Å². The van der Waals surface area contributed by atoms with Crippen LogP contribution >= 0.6 is 0 Å². The molecule has 1 atom stereocenters. The van der Waals surface area contributed by atoms with Gasteiger partial charge in [-0.2, -0.15) is 0 Å². The molecular formula is C15H22N2O6. The number of unbranched alkanes of at least 4 members (excludes halogenated alkanes) is 1. The Balaban J connectivity index is 0.000000438. The molecule has 0 heterocycles. The van der Waals surface area contributed by atoms with Gasteiger partial charge >= 0.3 is 17.9 Å². The number of hydrogen-bond acceptors (Lipinski definition) is 7. The van der Waals surface area contributed by atoms with Crippen LogP contribution in [0.25, 0.3) is 0 Å². The molecule has 0 unspecified atom stereocenters. The summed E-state index contributed by atoms with van der Waals surface area (Å²) in [4.78, 5) is 31.6. The molecule has 8 nitrogen and oxygen atoms in total. The summed E-state index contributed by atoms with van der Waals surface area (Å²) >= 11 is 0. The van der Waals surface area contributed by atoms with E-state index in [4.69, 9.17) is 16.6 Å². The second-order valence-corrected chi connectivity index (χ2v) is 4.63. The second kappa shape index (κ2) is 11.2. The molecule has 1 aromatic carbocycles. The summed E-state index contributed by atoms with van der Waals surface area (Å²) in [5, 5.41) is 17.5. The molecule has 0 aromatic heterocycles. The summed E-state index contributed by atoms with van der Waals surface area (Å²) in [7, 11) is 0. The van der Waals surface area contributed by atoms with Gasteiger partial charge in [-0.05, 0) is 31.5 Å². The molecular weight excluding hydrogens is 304 g/mol. The highest BCUT2D eigenvalue weighted by Crippen LogP contribution is 2.16.